The molecule has 0 aliphatic heterocycles. The van der Waals surface area contributed by atoms with E-state index < -0.39 is 39.3 Å². The fourth-order valence-corrected chi connectivity index (χ4v) is 4.89. The Hall–Kier alpha value is -2.89. The highest BCUT2D eigenvalue weighted by Gasteiger charge is 2.31. The Kier molecular flexibility index (Phi) is 10.7. The number of unbranched alkanes of at least 4 members (excludes halogenated alkanes) is 1. The minimum absolute atomic E-state index is 0.00502. The molecule has 0 bridgehead atoms. The number of nitro groups is 1. The van der Waals surface area contributed by atoms with Gasteiger partial charge in [0.25, 0.3) is 5.69 Å². The second-order valence-corrected chi connectivity index (χ2v) is 11.3. The van der Waals surface area contributed by atoms with Gasteiger partial charge in [-0.1, -0.05) is 48.7 Å². The summed E-state index contributed by atoms with van der Waals surface area (Å²) in [5, 5.41) is 14.7. The van der Waals surface area contributed by atoms with Gasteiger partial charge in [-0.25, -0.2) is 8.42 Å². The first-order valence-electron chi connectivity index (χ1n) is 11.5. The zero-order valence-corrected chi connectivity index (χ0v) is 23.4. The summed E-state index contributed by atoms with van der Waals surface area (Å²) >= 11 is 12.3. The Bertz CT molecular complexity index is 1270. The SMILES string of the molecule is CCCCNC(=O)[C@H](C)N(Cc1ccc(Cl)cc1Cl)C(=O)CN(c1cc([N+](=O)[O-])ccc1C)S(C)(=O)=O. The molecule has 2 aromatic rings. The van der Waals surface area contributed by atoms with Crippen LogP contribution in [0.3, 0.4) is 0 Å². The maximum atomic E-state index is 13.6. The quantitative estimate of drug-likeness (QED) is 0.229. The van der Waals surface area contributed by atoms with E-state index >= 15 is 0 Å². The molecule has 10 nitrogen and oxygen atoms in total. The van der Waals surface area contributed by atoms with Crippen LogP contribution in [0.5, 0.6) is 0 Å². The summed E-state index contributed by atoms with van der Waals surface area (Å²) in [6.45, 7) is 4.74. The van der Waals surface area contributed by atoms with Crippen LogP contribution in [0.25, 0.3) is 0 Å². The molecule has 0 aliphatic carbocycles. The topological polar surface area (TPSA) is 130 Å². The van der Waals surface area contributed by atoms with E-state index in [4.69, 9.17) is 23.2 Å². The van der Waals surface area contributed by atoms with Crippen molar-refractivity contribution >= 4 is 56.4 Å². The Morgan fingerprint density at radius 1 is 1.16 bits per heavy atom. The number of halogens is 2. The predicted octanol–water partition coefficient (Wildman–Crippen LogP) is 4.31. The number of hydrogen-bond acceptors (Lipinski definition) is 6. The Balaban J connectivity index is 2.48. The van der Waals surface area contributed by atoms with Crippen LogP contribution in [0.2, 0.25) is 10.0 Å². The number of benzene rings is 2. The molecule has 0 spiro atoms. The van der Waals surface area contributed by atoms with E-state index in [9.17, 15) is 28.1 Å². The molecule has 0 aromatic heterocycles. The first-order chi connectivity index (χ1) is 17.3. The van der Waals surface area contributed by atoms with Crippen molar-refractivity contribution in [2.45, 2.75) is 46.2 Å². The maximum Gasteiger partial charge on any atom is 0.271 e. The molecular formula is C24H30Cl2N4O6S. The summed E-state index contributed by atoms with van der Waals surface area (Å²) in [5.41, 5.74) is 0.594. The van der Waals surface area contributed by atoms with Crippen molar-refractivity contribution in [3.8, 4) is 0 Å². The molecule has 0 aliphatic rings. The second-order valence-electron chi connectivity index (χ2n) is 8.58. The number of sulfonamides is 1. The highest BCUT2D eigenvalue weighted by atomic mass is 35.5. The molecule has 2 amide bonds. The molecule has 2 aromatic carbocycles. The van der Waals surface area contributed by atoms with Crippen LogP contribution >= 0.6 is 23.2 Å². The summed E-state index contributed by atoms with van der Waals surface area (Å²) in [5.74, 6) is -1.11. The van der Waals surface area contributed by atoms with Gasteiger partial charge in [-0.3, -0.25) is 24.0 Å². The summed E-state index contributed by atoms with van der Waals surface area (Å²) in [6, 6.07) is 7.50. The van der Waals surface area contributed by atoms with Gasteiger partial charge in [0.2, 0.25) is 21.8 Å². The van der Waals surface area contributed by atoms with Crippen molar-refractivity contribution in [2.75, 3.05) is 23.7 Å². The standard InChI is InChI=1S/C24H30Cl2N4O6S/c1-5-6-11-27-24(32)17(3)28(14-18-8-9-19(25)12-21(18)26)23(31)15-29(37(4,35)36)22-13-20(30(33)34)10-7-16(22)2/h7-10,12-13,17H,5-6,11,14-15H2,1-4H3,(H,27,32)/t17-/m0/s1. The number of carbonyl (C=O) groups is 2. The van der Waals surface area contributed by atoms with Gasteiger partial charge in [0.05, 0.1) is 16.9 Å². The summed E-state index contributed by atoms with van der Waals surface area (Å²) in [6.07, 6.45) is 2.52. The fraction of sp³-hybridized carbons (Fsp3) is 0.417. The van der Waals surface area contributed by atoms with Crippen LogP contribution in [0.15, 0.2) is 36.4 Å². The highest BCUT2D eigenvalue weighted by molar-refractivity contribution is 7.92. The van der Waals surface area contributed by atoms with Gasteiger partial charge >= 0.3 is 0 Å². The lowest BCUT2D eigenvalue weighted by Crippen LogP contribution is -2.51. The summed E-state index contributed by atoms with van der Waals surface area (Å²) < 4.78 is 26.2. The van der Waals surface area contributed by atoms with Crippen molar-refractivity contribution in [3.63, 3.8) is 0 Å². The van der Waals surface area contributed by atoms with Gasteiger partial charge in [-0.15, -0.1) is 0 Å². The number of nitro benzene ring substituents is 1. The van der Waals surface area contributed by atoms with E-state index in [2.05, 4.69) is 5.32 Å². The van der Waals surface area contributed by atoms with Crippen molar-refractivity contribution in [1.29, 1.82) is 0 Å². The molecule has 1 atom stereocenters. The van der Waals surface area contributed by atoms with Gasteiger partial charge in [0, 0.05) is 35.3 Å². The number of non-ortho nitro benzene ring substituents is 1. The number of nitrogens with one attached hydrogen (secondary N) is 1. The Morgan fingerprint density at radius 3 is 2.41 bits per heavy atom. The van der Waals surface area contributed by atoms with Gasteiger partial charge in [0.1, 0.15) is 12.6 Å². The lowest BCUT2D eigenvalue weighted by Gasteiger charge is -2.32. The van der Waals surface area contributed by atoms with E-state index in [-0.39, 0.29) is 22.9 Å². The number of carbonyl (C=O) groups excluding carboxylic acids is 2. The van der Waals surface area contributed by atoms with E-state index in [1.54, 1.807) is 19.1 Å². The highest BCUT2D eigenvalue weighted by Crippen LogP contribution is 2.28. The Morgan fingerprint density at radius 2 is 1.84 bits per heavy atom. The van der Waals surface area contributed by atoms with E-state index in [0.29, 0.717) is 22.7 Å². The number of anilines is 1. The zero-order valence-electron chi connectivity index (χ0n) is 21.0. The van der Waals surface area contributed by atoms with Crippen LogP contribution in [0, 0.1) is 17.0 Å². The van der Waals surface area contributed by atoms with Crippen LogP contribution in [0.1, 0.15) is 37.8 Å². The zero-order chi connectivity index (χ0) is 27.9. The number of aryl methyl sites for hydroxylation is 1. The first kappa shape index (κ1) is 30.3. The normalized spacial score (nSPS) is 12.1. The molecule has 2 rings (SSSR count). The lowest BCUT2D eigenvalue weighted by molar-refractivity contribution is -0.384. The molecule has 202 valence electrons. The minimum atomic E-state index is -4.04. The molecular weight excluding hydrogens is 543 g/mol. The van der Waals surface area contributed by atoms with Crippen LogP contribution in [-0.2, 0) is 26.2 Å². The fourth-order valence-electron chi connectivity index (χ4n) is 3.53. The third-order valence-electron chi connectivity index (χ3n) is 5.70. The monoisotopic (exact) mass is 572 g/mol. The number of hydrogen-bond donors (Lipinski definition) is 1. The van der Waals surface area contributed by atoms with Crippen molar-refractivity contribution in [1.82, 2.24) is 10.2 Å². The molecule has 0 radical (unpaired) electrons. The maximum absolute atomic E-state index is 13.6. The molecule has 0 saturated heterocycles. The average molecular weight is 573 g/mol. The van der Waals surface area contributed by atoms with Crippen LogP contribution < -0.4 is 9.62 Å². The van der Waals surface area contributed by atoms with E-state index in [1.165, 1.54) is 30.0 Å². The molecule has 13 heteroatoms. The molecule has 0 fully saturated rings. The van der Waals surface area contributed by atoms with E-state index in [1.807, 2.05) is 6.92 Å². The van der Waals surface area contributed by atoms with Crippen molar-refractivity contribution in [3.05, 3.63) is 67.7 Å². The number of rotatable bonds is 12. The molecule has 0 saturated carbocycles. The predicted molar refractivity (Wildman–Crippen MR) is 144 cm³/mol. The minimum Gasteiger partial charge on any atom is -0.354 e. The van der Waals surface area contributed by atoms with Gasteiger partial charge in [0.15, 0.2) is 0 Å². The van der Waals surface area contributed by atoms with Gasteiger partial charge in [-0.05, 0) is 43.5 Å². The molecule has 0 unspecified atom stereocenters. The van der Waals surface area contributed by atoms with Crippen LogP contribution in [-0.4, -0.2) is 55.4 Å². The molecule has 0 heterocycles. The second kappa shape index (κ2) is 13.1. The smallest absolute Gasteiger partial charge is 0.271 e. The summed E-state index contributed by atoms with van der Waals surface area (Å²) in [4.78, 5) is 38.3. The van der Waals surface area contributed by atoms with Crippen LogP contribution in [0.4, 0.5) is 11.4 Å². The lowest BCUT2D eigenvalue weighted by atomic mass is 10.1. The van der Waals surface area contributed by atoms with Crippen molar-refractivity contribution in [2.24, 2.45) is 0 Å². The van der Waals surface area contributed by atoms with Gasteiger partial charge < -0.3 is 10.2 Å². The third-order valence-corrected chi connectivity index (χ3v) is 7.42. The van der Waals surface area contributed by atoms with E-state index in [0.717, 1.165) is 29.5 Å². The third kappa shape index (κ3) is 8.31. The Labute approximate surface area is 226 Å². The van der Waals surface area contributed by atoms with Gasteiger partial charge in [-0.2, -0.15) is 0 Å². The summed E-state index contributed by atoms with van der Waals surface area (Å²) in [7, 11) is -4.04. The number of nitrogens with zero attached hydrogens (tertiary/aromatic N) is 3. The first-order valence-corrected chi connectivity index (χ1v) is 14.1. The molecule has 37 heavy (non-hydrogen) atoms. The largest absolute Gasteiger partial charge is 0.354 e. The average Bonchev–Trinajstić information content (AvgIpc) is 2.81. The molecule has 1 N–H and O–H groups in total. The number of amides is 2. The van der Waals surface area contributed by atoms with Crippen molar-refractivity contribution < 1.29 is 22.9 Å².